The van der Waals surface area contributed by atoms with Crippen LogP contribution in [0.5, 0.6) is 0 Å². The largest absolute Gasteiger partial charge is 0.357 e. The lowest BCUT2D eigenvalue weighted by Crippen LogP contribution is -2.42. The molecule has 2 unspecified atom stereocenters. The molecule has 3 rings (SSSR count). The molecule has 1 N–H and O–H groups in total. The van der Waals surface area contributed by atoms with Gasteiger partial charge in [0, 0.05) is 12.0 Å². The van der Waals surface area contributed by atoms with Crippen LogP contribution in [0.15, 0.2) is 18.2 Å². The first-order chi connectivity index (χ1) is 8.76. The molecule has 1 aromatic rings. The summed E-state index contributed by atoms with van der Waals surface area (Å²) in [6.45, 7) is 4.99. The second kappa shape index (κ2) is 4.30. The molecule has 2 heterocycles. The van der Waals surface area contributed by atoms with Gasteiger partial charge < -0.3 is 10.2 Å². The van der Waals surface area contributed by atoms with Crippen LogP contribution < -0.4 is 10.2 Å². The van der Waals surface area contributed by atoms with E-state index in [1.165, 1.54) is 24.1 Å². The van der Waals surface area contributed by atoms with Gasteiger partial charge in [0.1, 0.15) is 0 Å². The Kier molecular flexibility index (Phi) is 2.77. The van der Waals surface area contributed by atoms with Crippen LogP contribution in [0.3, 0.4) is 0 Å². The SMILES string of the molecule is CCCC1C(CC)c2cccc3c2N1CC(=O)N3. The Labute approximate surface area is 108 Å². The normalized spacial score (nSPS) is 25.0. The molecule has 3 nitrogen and oxygen atoms in total. The first-order valence-corrected chi connectivity index (χ1v) is 6.95. The molecule has 3 heteroatoms. The number of benzene rings is 1. The van der Waals surface area contributed by atoms with E-state index in [2.05, 4.69) is 36.2 Å². The maximum absolute atomic E-state index is 11.8. The lowest BCUT2D eigenvalue weighted by molar-refractivity contribution is -0.115. The van der Waals surface area contributed by atoms with Crippen molar-refractivity contribution >= 4 is 17.3 Å². The zero-order chi connectivity index (χ0) is 12.7. The number of carbonyl (C=O) groups excluding carboxylic acids is 1. The lowest BCUT2D eigenvalue weighted by Gasteiger charge is -2.33. The van der Waals surface area contributed by atoms with E-state index < -0.39 is 0 Å². The maximum atomic E-state index is 11.8. The Morgan fingerprint density at radius 1 is 1.39 bits per heavy atom. The van der Waals surface area contributed by atoms with Crippen molar-refractivity contribution in [3.63, 3.8) is 0 Å². The fraction of sp³-hybridized carbons (Fsp3) is 0.533. The van der Waals surface area contributed by atoms with Gasteiger partial charge in [-0.3, -0.25) is 4.79 Å². The Balaban J connectivity index is 2.10. The number of hydrogen-bond donors (Lipinski definition) is 1. The van der Waals surface area contributed by atoms with Crippen molar-refractivity contribution in [2.24, 2.45) is 0 Å². The molecule has 1 aromatic carbocycles. The fourth-order valence-electron chi connectivity index (χ4n) is 3.56. The summed E-state index contributed by atoms with van der Waals surface area (Å²) < 4.78 is 0. The van der Waals surface area contributed by atoms with Gasteiger partial charge in [-0.05, 0) is 24.5 Å². The zero-order valence-electron chi connectivity index (χ0n) is 11.1. The minimum atomic E-state index is 0.123. The molecule has 0 bridgehead atoms. The van der Waals surface area contributed by atoms with E-state index in [-0.39, 0.29) is 5.91 Å². The highest BCUT2D eigenvalue weighted by atomic mass is 16.2. The van der Waals surface area contributed by atoms with Crippen LogP contribution in [-0.4, -0.2) is 18.5 Å². The van der Waals surface area contributed by atoms with E-state index in [9.17, 15) is 4.79 Å². The zero-order valence-corrected chi connectivity index (χ0v) is 11.1. The van der Waals surface area contributed by atoms with Crippen molar-refractivity contribution in [1.29, 1.82) is 0 Å². The summed E-state index contributed by atoms with van der Waals surface area (Å²) in [7, 11) is 0. The van der Waals surface area contributed by atoms with E-state index >= 15 is 0 Å². The van der Waals surface area contributed by atoms with Gasteiger partial charge in [-0.1, -0.05) is 32.4 Å². The van der Waals surface area contributed by atoms with E-state index in [4.69, 9.17) is 0 Å². The third-order valence-electron chi connectivity index (χ3n) is 4.23. The van der Waals surface area contributed by atoms with Gasteiger partial charge >= 0.3 is 0 Å². The molecule has 0 aliphatic carbocycles. The molecule has 0 radical (unpaired) electrons. The summed E-state index contributed by atoms with van der Waals surface area (Å²) in [4.78, 5) is 14.1. The first kappa shape index (κ1) is 11.6. The van der Waals surface area contributed by atoms with Gasteiger partial charge in [0.05, 0.1) is 17.9 Å². The van der Waals surface area contributed by atoms with Crippen LogP contribution in [0.1, 0.15) is 44.6 Å². The number of para-hydroxylation sites is 1. The molecule has 2 aliphatic rings. The molecule has 2 atom stereocenters. The van der Waals surface area contributed by atoms with Crippen molar-refractivity contribution < 1.29 is 4.79 Å². The summed E-state index contributed by atoms with van der Waals surface area (Å²) in [5, 5.41) is 3.00. The fourth-order valence-corrected chi connectivity index (χ4v) is 3.56. The second-order valence-corrected chi connectivity index (χ2v) is 5.29. The first-order valence-electron chi connectivity index (χ1n) is 6.95. The van der Waals surface area contributed by atoms with Gasteiger partial charge in [0.25, 0.3) is 0 Å². The minimum Gasteiger partial charge on any atom is -0.357 e. The molecule has 18 heavy (non-hydrogen) atoms. The summed E-state index contributed by atoms with van der Waals surface area (Å²) in [5.41, 5.74) is 3.71. The second-order valence-electron chi connectivity index (χ2n) is 5.29. The van der Waals surface area contributed by atoms with Gasteiger partial charge in [0.2, 0.25) is 5.91 Å². The highest BCUT2D eigenvalue weighted by Crippen LogP contribution is 2.49. The molecule has 0 fully saturated rings. The van der Waals surface area contributed by atoms with Crippen molar-refractivity contribution in [2.75, 3.05) is 16.8 Å². The predicted octanol–water partition coefficient (Wildman–Crippen LogP) is 3.12. The van der Waals surface area contributed by atoms with Crippen LogP contribution in [0.4, 0.5) is 11.4 Å². The van der Waals surface area contributed by atoms with Gasteiger partial charge in [0.15, 0.2) is 0 Å². The molecular weight excluding hydrogens is 224 g/mol. The van der Waals surface area contributed by atoms with Crippen LogP contribution in [-0.2, 0) is 4.79 Å². The smallest absolute Gasteiger partial charge is 0.243 e. The number of nitrogens with one attached hydrogen (secondary N) is 1. The number of rotatable bonds is 3. The monoisotopic (exact) mass is 244 g/mol. The van der Waals surface area contributed by atoms with Crippen LogP contribution >= 0.6 is 0 Å². The van der Waals surface area contributed by atoms with Gasteiger partial charge in [-0.15, -0.1) is 0 Å². The Bertz CT molecular complexity index is 483. The molecule has 0 aromatic heterocycles. The molecule has 0 saturated carbocycles. The molecule has 0 saturated heterocycles. The quantitative estimate of drug-likeness (QED) is 0.886. The van der Waals surface area contributed by atoms with E-state index in [1.54, 1.807) is 0 Å². The average Bonchev–Trinajstić information content (AvgIpc) is 2.65. The minimum absolute atomic E-state index is 0.123. The van der Waals surface area contributed by atoms with Crippen molar-refractivity contribution in [1.82, 2.24) is 0 Å². The number of carbonyl (C=O) groups is 1. The highest BCUT2D eigenvalue weighted by molar-refractivity contribution is 6.03. The summed E-state index contributed by atoms with van der Waals surface area (Å²) in [6.07, 6.45) is 3.48. The van der Waals surface area contributed by atoms with Crippen LogP contribution in [0, 0.1) is 0 Å². The standard InChI is InChI=1S/C15H20N2O/c1-3-6-13-10(4-2)11-7-5-8-12-15(11)17(13)9-14(18)16-12/h5,7-8,10,13H,3-4,6,9H2,1-2H3,(H,16,18). The van der Waals surface area contributed by atoms with E-state index in [1.807, 2.05) is 6.07 Å². The molecule has 96 valence electrons. The van der Waals surface area contributed by atoms with E-state index in [0.717, 1.165) is 12.1 Å². The topological polar surface area (TPSA) is 32.3 Å². The Morgan fingerprint density at radius 2 is 2.22 bits per heavy atom. The molecule has 0 spiro atoms. The van der Waals surface area contributed by atoms with Crippen molar-refractivity contribution in [2.45, 2.75) is 45.1 Å². The van der Waals surface area contributed by atoms with Crippen LogP contribution in [0.25, 0.3) is 0 Å². The predicted molar refractivity (Wildman–Crippen MR) is 74.1 cm³/mol. The highest BCUT2D eigenvalue weighted by Gasteiger charge is 2.41. The molecule has 1 amide bonds. The summed E-state index contributed by atoms with van der Waals surface area (Å²) in [6, 6.07) is 6.81. The summed E-state index contributed by atoms with van der Waals surface area (Å²) in [5.74, 6) is 0.699. The Hall–Kier alpha value is -1.51. The van der Waals surface area contributed by atoms with Crippen molar-refractivity contribution in [3.05, 3.63) is 23.8 Å². The summed E-state index contributed by atoms with van der Waals surface area (Å²) >= 11 is 0. The third kappa shape index (κ3) is 1.53. The average molecular weight is 244 g/mol. The van der Waals surface area contributed by atoms with Gasteiger partial charge in [-0.2, -0.15) is 0 Å². The molecular formula is C15H20N2O. The van der Waals surface area contributed by atoms with Crippen LogP contribution in [0.2, 0.25) is 0 Å². The maximum Gasteiger partial charge on any atom is 0.243 e. The Morgan fingerprint density at radius 3 is 2.94 bits per heavy atom. The van der Waals surface area contributed by atoms with Crippen molar-refractivity contribution in [3.8, 4) is 0 Å². The number of anilines is 2. The lowest BCUT2D eigenvalue weighted by atomic mass is 9.90. The molecule has 2 aliphatic heterocycles. The van der Waals surface area contributed by atoms with E-state index in [0.29, 0.717) is 18.5 Å². The number of nitrogens with zero attached hydrogens (tertiary/aromatic N) is 1. The number of amides is 1. The number of hydrogen-bond acceptors (Lipinski definition) is 2. The third-order valence-corrected chi connectivity index (χ3v) is 4.23. The van der Waals surface area contributed by atoms with Gasteiger partial charge in [-0.25, -0.2) is 0 Å².